The summed E-state index contributed by atoms with van der Waals surface area (Å²) < 4.78 is 5.53. The maximum atomic E-state index is 5.53. The van der Waals surface area contributed by atoms with Crippen molar-refractivity contribution >= 4 is 12.6 Å². The number of nitrogens with one attached hydrogen (secondary N) is 1. The minimum Gasteiger partial charge on any atom is -0.377 e. The van der Waals surface area contributed by atoms with Gasteiger partial charge in [-0.3, -0.25) is 0 Å². The Morgan fingerprint density at radius 3 is 3.30 bits per heavy atom. The van der Waals surface area contributed by atoms with Crippen LogP contribution < -0.4 is 5.32 Å². The highest BCUT2D eigenvalue weighted by molar-refractivity contribution is 7.80. The average molecular weight is 161 g/mol. The fraction of sp³-hybridized carbons (Fsp3) is 1.00. The molecule has 0 spiro atoms. The van der Waals surface area contributed by atoms with Gasteiger partial charge < -0.3 is 10.1 Å². The molecule has 1 atom stereocenters. The zero-order valence-corrected chi connectivity index (χ0v) is 7.07. The van der Waals surface area contributed by atoms with Crippen molar-refractivity contribution in [1.82, 2.24) is 5.32 Å². The minimum absolute atomic E-state index is 0.403. The third kappa shape index (κ3) is 2.90. The molecular weight excluding hydrogens is 146 g/mol. The van der Waals surface area contributed by atoms with Crippen molar-refractivity contribution < 1.29 is 4.74 Å². The molecule has 1 heterocycles. The Morgan fingerprint density at radius 2 is 2.50 bits per heavy atom. The van der Waals surface area contributed by atoms with Crippen LogP contribution in [0.5, 0.6) is 0 Å². The molecule has 0 aromatic heterocycles. The lowest BCUT2D eigenvalue weighted by Crippen LogP contribution is -2.26. The maximum Gasteiger partial charge on any atom is 0.0707 e. The minimum atomic E-state index is 0.403. The molecule has 0 saturated carbocycles. The van der Waals surface area contributed by atoms with E-state index in [1.165, 1.54) is 0 Å². The van der Waals surface area contributed by atoms with E-state index >= 15 is 0 Å². The molecule has 2 nitrogen and oxygen atoms in total. The smallest absolute Gasteiger partial charge is 0.0707 e. The van der Waals surface area contributed by atoms with E-state index < -0.39 is 0 Å². The quantitative estimate of drug-likeness (QED) is 0.581. The van der Waals surface area contributed by atoms with Crippen LogP contribution in [0.3, 0.4) is 0 Å². The van der Waals surface area contributed by atoms with Crippen LogP contribution in [0.15, 0.2) is 0 Å². The molecule has 1 N–H and O–H groups in total. The topological polar surface area (TPSA) is 21.3 Å². The number of hydrogen-bond donors (Lipinski definition) is 2. The fourth-order valence-corrected chi connectivity index (χ4v) is 1.39. The predicted octanol–water partition coefficient (Wildman–Crippen LogP) is 0.685. The third-order valence-electron chi connectivity index (χ3n) is 1.67. The Morgan fingerprint density at radius 1 is 1.60 bits per heavy atom. The largest absolute Gasteiger partial charge is 0.377 e. The highest BCUT2D eigenvalue weighted by Crippen LogP contribution is 2.02. The molecule has 0 radical (unpaired) electrons. The Labute approximate surface area is 67.7 Å². The molecule has 3 heteroatoms. The molecule has 0 aliphatic carbocycles. The Balaban J connectivity index is 2.15. The van der Waals surface area contributed by atoms with Gasteiger partial charge in [-0.1, -0.05) is 0 Å². The summed E-state index contributed by atoms with van der Waals surface area (Å²) in [7, 11) is 0. The standard InChI is InChI=1S/C7H15NOS/c10-5-2-7-6-8-3-1-4-9-7/h7-8,10H,1-6H2. The second-order valence-electron chi connectivity index (χ2n) is 2.56. The number of rotatable bonds is 2. The first-order valence-electron chi connectivity index (χ1n) is 3.86. The monoisotopic (exact) mass is 161 g/mol. The van der Waals surface area contributed by atoms with Gasteiger partial charge in [0.1, 0.15) is 0 Å². The normalized spacial score (nSPS) is 27.9. The lowest BCUT2D eigenvalue weighted by atomic mass is 10.3. The van der Waals surface area contributed by atoms with Crippen LogP contribution in [0, 0.1) is 0 Å². The fourth-order valence-electron chi connectivity index (χ4n) is 1.10. The van der Waals surface area contributed by atoms with Crippen LogP contribution >= 0.6 is 12.6 Å². The van der Waals surface area contributed by atoms with Gasteiger partial charge in [-0.2, -0.15) is 12.6 Å². The van der Waals surface area contributed by atoms with E-state index in [-0.39, 0.29) is 0 Å². The van der Waals surface area contributed by atoms with Crippen molar-refractivity contribution in [1.29, 1.82) is 0 Å². The second-order valence-corrected chi connectivity index (χ2v) is 3.01. The van der Waals surface area contributed by atoms with E-state index in [1.54, 1.807) is 0 Å². The van der Waals surface area contributed by atoms with Crippen LogP contribution in [0.1, 0.15) is 12.8 Å². The van der Waals surface area contributed by atoms with Gasteiger partial charge in [-0.15, -0.1) is 0 Å². The lowest BCUT2D eigenvalue weighted by Gasteiger charge is -2.12. The molecule has 1 fully saturated rings. The molecule has 1 saturated heterocycles. The van der Waals surface area contributed by atoms with Gasteiger partial charge in [0.25, 0.3) is 0 Å². The summed E-state index contributed by atoms with van der Waals surface area (Å²) in [5.74, 6) is 0.923. The Hall–Kier alpha value is 0.270. The molecule has 0 amide bonds. The van der Waals surface area contributed by atoms with Gasteiger partial charge in [0.15, 0.2) is 0 Å². The molecule has 60 valence electrons. The van der Waals surface area contributed by atoms with Crippen molar-refractivity contribution in [3.63, 3.8) is 0 Å². The molecule has 0 aromatic carbocycles. The van der Waals surface area contributed by atoms with Crippen LogP contribution in [-0.2, 0) is 4.74 Å². The van der Waals surface area contributed by atoms with Crippen LogP contribution in [0.25, 0.3) is 0 Å². The number of thiol groups is 1. The van der Waals surface area contributed by atoms with Gasteiger partial charge in [0.05, 0.1) is 6.10 Å². The Kier molecular flexibility index (Phi) is 4.18. The SMILES string of the molecule is SCCC1CNCCCO1. The summed E-state index contributed by atoms with van der Waals surface area (Å²) in [5.41, 5.74) is 0. The van der Waals surface area contributed by atoms with E-state index in [2.05, 4.69) is 17.9 Å². The lowest BCUT2D eigenvalue weighted by molar-refractivity contribution is 0.0656. The number of hydrogen-bond acceptors (Lipinski definition) is 3. The highest BCUT2D eigenvalue weighted by atomic mass is 32.1. The Bertz CT molecular complexity index is 81.7. The molecule has 0 aromatic rings. The molecule has 1 rings (SSSR count). The predicted molar refractivity (Wildman–Crippen MR) is 45.7 cm³/mol. The highest BCUT2D eigenvalue weighted by Gasteiger charge is 2.09. The van der Waals surface area contributed by atoms with E-state index in [1.807, 2.05) is 0 Å². The van der Waals surface area contributed by atoms with E-state index in [4.69, 9.17) is 4.74 Å². The van der Waals surface area contributed by atoms with Crippen molar-refractivity contribution in [3.05, 3.63) is 0 Å². The molecule has 1 aliphatic heterocycles. The molecule has 1 unspecified atom stereocenters. The van der Waals surface area contributed by atoms with Crippen molar-refractivity contribution in [2.75, 3.05) is 25.4 Å². The van der Waals surface area contributed by atoms with Crippen molar-refractivity contribution in [3.8, 4) is 0 Å². The summed E-state index contributed by atoms with van der Waals surface area (Å²) in [6.07, 6.45) is 2.61. The first-order chi connectivity index (χ1) is 4.93. The van der Waals surface area contributed by atoms with Crippen LogP contribution in [-0.4, -0.2) is 31.6 Å². The van der Waals surface area contributed by atoms with Crippen LogP contribution in [0.2, 0.25) is 0 Å². The van der Waals surface area contributed by atoms with Crippen molar-refractivity contribution in [2.24, 2.45) is 0 Å². The zero-order chi connectivity index (χ0) is 7.23. The first kappa shape index (κ1) is 8.37. The molecule has 1 aliphatic rings. The summed E-state index contributed by atoms with van der Waals surface area (Å²) in [6, 6.07) is 0. The summed E-state index contributed by atoms with van der Waals surface area (Å²) >= 11 is 4.16. The van der Waals surface area contributed by atoms with Gasteiger partial charge in [0, 0.05) is 13.2 Å². The van der Waals surface area contributed by atoms with E-state index in [9.17, 15) is 0 Å². The summed E-state index contributed by atoms with van der Waals surface area (Å²) in [4.78, 5) is 0. The molecular formula is C7H15NOS. The summed E-state index contributed by atoms with van der Waals surface area (Å²) in [5, 5.41) is 3.32. The van der Waals surface area contributed by atoms with Gasteiger partial charge in [-0.25, -0.2) is 0 Å². The van der Waals surface area contributed by atoms with Crippen LogP contribution in [0.4, 0.5) is 0 Å². The zero-order valence-electron chi connectivity index (χ0n) is 6.18. The van der Waals surface area contributed by atoms with Crippen molar-refractivity contribution in [2.45, 2.75) is 18.9 Å². The number of ether oxygens (including phenoxy) is 1. The molecule has 10 heavy (non-hydrogen) atoms. The molecule has 0 bridgehead atoms. The maximum absolute atomic E-state index is 5.53. The average Bonchev–Trinajstić information content (AvgIpc) is 2.17. The first-order valence-corrected chi connectivity index (χ1v) is 4.50. The van der Waals surface area contributed by atoms with Gasteiger partial charge in [0.2, 0.25) is 0 Å². The van der Waals surface area contributed by atoms with E-state index in [0.29, 0.717) is 6.10 Å². The van der Waals surface area contributed by atoms with Gasteiger partial charge in [-0.05, 0) is 25.1 Å². The van der Waals surface area contributed by atoms with Gasteiger partial charge >= 0.3 is 0 Å². The summed E-state index contributed by atoms with van der Waals surface area (Å²) in [6.45, 7) is 3.01. The van der Waals surface area contributed by atoms with E-state index in [0.717, 1.165) is 38.3 Å². The second kappa shape index (κ2) is 4.99. The third-order valence-corrected chi connectivity index (χ3v) is 1.93.